The molecule has 0 saturated carbocycles. The van der Waals surface area contributed by atoms with Gasteiger partial charge in [-0.2, -0.15) is 0 Å². The Bertz CT molecular complexity index is 664. The maximum absolute atomic E-state index is 13.6. The first-order valence-corrected chi connectivity index (χ1v) is 7.99. The lowest BCUT2D eigenvalue weighted by Gasteiger charge is -2.27. The van der Waals surface area contributed by atoms with Crippen LogP contribution in [0.4, 0.5) is 14.9 Å². The van der Waals surface area contributed by atoms with Crippen LogP contribution in [0, 0.1) is 5.82 Å². The minimum absolute atomic E-state index is 0.151. The van der Waals surface area contributed by atoms with Crippen molar-refractivity contribution in [1.29, 1.82) is 0 Å². The summed E-state index contributed by atoms with van der Waals surface area (Å²) in [7, 11) is 0. The number of halogens is 2. The molecule has 124 valence electrons. The van der Waals surface area contributed by atoms with Crippen molar-refractivity contribution < 1.29 is 13.9 Å². The zero-order chi connectivity index (χ0) is 16.8. The standard InChI is InChI=1S/C17H20ClFN2O2/c1-17(2,3)23-16(22)21-9-11-7-20(8-12(11)10-21)14-6-4-5-13(19)15(14)18/h4-6H,7-10H2,1-3H3. The first kappa shape index (κ1) is 16.1. The molecule has 0 unspecified atom stereocenters. The molecule has 3 rings (SSSR count). The molecule has 2 aliphatic rings. The van der Waals surface area contributed by atoms with E-state index in [2.05, 4.69) is 0 Å². The van der Waals surface area contributed by atoms with Crippen LogP contribution >= 0.6 is 11.6 Å². The summed E-state index contributed by atoms with van der Waals surface area (Å²) in [6.07, 6.45) is -0.290. The van der Waals surface area contributed by atoms with Gasteiger partial charge in [0.05, 0.1) is 10.7 Å². The summed E-state index contributed by atoms with van der Waals surface area (Å²) in [6, 6.07) is 4.83. The zero-order valence-electron chi connectivity index (χ0n) is 13.5. The van der Waals surface area contributed by atoms with Crippen molar-refractivity contribution in [2.45, 2.75) is 26.4 Å². The van der Waals surface area contributed by atoms with Crippen molar-refractivity contribution in [1.82, 2.24) is 4.90 Å². The van der Waals surface area contributed by atoms with E-state index in [1.54, 1.807) is 11.0 Å². The summed E-state index contributed by atoms with van der Waals surface area (Å²) >= 11 is 6.06. The van der Waals surface area contributed by atoms with E-state index in [1.165, 1.54) is 17.2 Å². The van der Waals surface area contributed by atoms with Crippen LogP contribution in [0.5, 0.6) is 0 Å². The van der Waals surface area contributed by atoms with Crippen molar-refractivity contribution in [3.05, 3.63) is 40.2 Å². The Labute approximate surface area is 140 Å². The van der Waals surface area contributed by atoms with Gasteiger partial charge in [-0.25, -0.2) is 9.18 Å². The second kappa shape index (κ2) is 5.71. The van der Waals surface area contributed by atoms with E-state index < -0.39 is 11.4 Å². The summed E-state index contributed by atoms with van der Waals surface area (Å²) < 4.78 is 19.0. The summed E-state index contributed by atoms with van der Waals surface area (Å²) in [6.45, 7) is 8.03. The molecule has 0 N–H and O–H groups in total. The van der Waals surface area contributed by atoms with Gasteiger partial charge in [-0.1, -0.05) is 17.7 Å². The molecule has 0 bridgehead atoms. The maximum atomic E-state index is 13.6. The van der Waals surface area contributed by atoms with E-state index in [-0.39, 0.29) is 11.1 Å². The second-order valence-corrected chi connectivity index (χ2v) is 7.35. The van der Waals surface area contributed by atoms with Crippen LogP contribution in [-0.4, -0.2) is 42.8 Å². The van der Waals surface area contributed by atoms with Crippen LogP contribution in [0.2, 0.25) is 5.02 Å². The average Bonchev–Trinajstić information content (AvgIpc) is 2.98. The number of hydrogen-bond donors (Lipinski definition) is 0. The van der Waals surface area contributed by atoms with Gasteiger partial charge in [0.15, 0.2) is 0 Å². The van der Waals surface area contributed by atoms with Crippen molar-refractivity contribution in [3.8, 4) is 0 Å². The van der Waals surface area contributed by atoms with Crippen LogP contribution < -0.4 is 4.90 Å². The number of amides is 1. The van der Waals surface area contributed by atoms with E-state index in [0.29, 0.717) is 31.9 Å². The van der Waals surface area contributed by atoms with Gasteiger partial charge >= 0.3 is 6.09 Å². The lowest BCUT2D eigenvalue weighted by Crippen LogP contribution is -2.38. The molecule has 2 heterocycles. The SMILES string of the molecule is CC(C)(C)OC(=O)N1CC2=C(C1)CN(c1cccc(F)c1Cl)C2. The molecule has 0 aliphatic carbocycles. The zero-order valence-corrected chi connectivity index (χ0v) is 14.3. The Hall–Kier alpha value is -1.75. The number of hydrogen-bond acceptors (Lipinski definition) is 3. The minimum Gasteiger partial charge on any atom is -0.444 e. The molecule has 1 aromatic carbocycles. The highest BCUT2D eigenvalue weighted by Gasteiger charge is 2.34. The molecule has 1 amide bonds. The van der Waals surface area contributed by atoms with E-state index >= 15 is 0 Å². The third kappa shape index (κ3) is 3.29. The largest absolute Gasteiger partial charge is 0.444 e. The van der Waals surface area contributed by atoms with Gasteiger partial charge in [-0.05, 0) is 44.1 Å². The van der Waals surface area contributed by atoms with Gasteiger partial charge < -0.3 is 14.5 Å². The molecule has 6 heteroatoms. The maximum Gasteiger partial charge on any atom is 0.410 e. The summed E-state index contributed by atoms with van der Waals surface area (Å²) in [5.41, 5.74) is 2.59. The second-order valence-electron chi connectivity index (χ2n) is 6.97. The van der Waals surface area contributed by atoms with Crippen LogP contribution in [0.1, 0.15) is 20.8 Å². The first-order chi connectivity index (χ1) is 10.7. The van der Waals surface area contributed by atoms with Gasteiger partial charge in [0.2, 0.25) is 0 Å². The highest BCUT2D eigenvalue weighted by molar-refractivity contribution is 6.33. The lowest BCUT2D eigenvalue weighted by molar-refractivity contribution is 0.0297. The van der Waals surface area contributed by atoms with Gasteiger partial charge in [0.25, 0.3) is 0 Å². The highest BCUT2D eigenvalue weighted by atomic mass is 35.5. The van der Waals surface area contributed by atoms with Gasteiger partial charge in [-0.15, -0.1) is 0 Å². The minimum atomic E-state index is -0.495. The number of carbonyl (C=O) groups excluding carboxylic acids is 1. The molecular formula is C17H20ClFN2O2. The van der Waals surface area contributed by atoms with Crippen LogP contribution in [-0.2, 0) is 4.74 Å². The van der Waals surface area contributed by atoms with Crippen LogP contribution in [0.3, 0.4) is 0 Å². The Morgan fingerprint density at radius 3 is 2.35 bits per heavy atom. The molecule has 23 heavy (non-hydrogen) atoms. The number of ether oxygens (including phenoxy) is 1. The quantitative estimate of drug-likeness (QED) is 0.729. The van der Waals surface area contributed by atoms with Crippen molar-refractivity contribution in [3.63, 3.8) is 0 Å². The van der Waals surface area contributed by atoms with Crippen molar-refractivity contribution >= 4 is 23.4 Å². The summed E-state index contributed by atoms with van der Waals surface area (Å²) in [4.78, 5) is 15.9. The number of nitrogens with zero attached hydrogens (tertiary/aromatic N) is 2. The fraction of sp³-hybridized carbons (Fsp3) is 0.471. The smallest absolute Gasteiger partial charge is 0.410 e. The normalized spacial score (nSPS) is 17.8. The van der Waals surface area contributed by atoms with Gasteiger partial charge in [0.1, 0.15) is 11.4 Å². The Balaban J connectivity index is 1.64. The first-order valence-electron chi connectivity index (χ1n) is 7.61. The number of rotatable bonds is 1. The van der Waals surface area contributed by atoms with Crippen LogP contribution in [0.25, 0.3) is 0 Å². The number of benzene rings is 1. The van der Waals surface area contributed by atoms with Crippen molar-refractivity contribution in [2.75, 3.05) is 31.1 Å². The Morgan fingerprint density at radius 1 is 1.17 bits per heavy atom. The molecule has 2 aliphatic heterocycles. The average molecular weight is 339 g/mol. The molecule has 0 aromatic heterocycles. The van der Waals surface area contributed by atoms with E-state index in [4.69, 9.17) is 16.3 Å². The Morgan fingerprint density at radius 2 is 1.78 bits per heavy atom. The molecule has 4 nitrogen and oxygen atoms in total. The van der Waals surface area contributed by atoms with Crippen LogP contribution in [0.15, 0.2) is 29.3 Å². The predicted molar refractivity (Wildman–Crippen MR) is 88.5 cm³/mol. The molecule has 0 radical (unpaired) electrons. The van der Waals surface area contributed by atoms with E-state index in [9.17, 15) is 9.18 Å². The fourth-order valence-corrected chi connectivity index (χ4v) is 3.19. The molecule has 1 aromatic rings. The third-order valence-corrected chi connectivity index (χ3v) is 4.32. The topological polar surface area (TPSA) is 32.8 Å². The number of anilines is 1. The van der Waals surface area contributed by atoms with Gasteiger partial charge in [-0.3, -0.25) is 0 Å². The Kier molecular flexibility index (Phi) is 4.00. The molecule has 0 saturated heterocycles. The number of carbonyl (C=O) groups is 1. The predicted octanol–water partition coefficient (Wildman–Crippen LogP) is 3.85. The van der Waals surface area contributed by atoms with Crippen molar-refractivity contribution in [2.24, 2.45) is 0 Å². The van der Waals surface area contributed by atoms with Gasteiger partial charge in [0, 0.05) is 26.2 Å². The molecular weight excluding hydrogens is 319 g/mol. The molecule has 0 atom stereocenters. The monoisotopic (exact) mass is 338 g/mol. The summed E-state index contributed by atoms with van der Waals surface area (Å²) in [5.74, 6) is -0.411. The van der Waals surface area contributed by atoms with E-state index in [1.807, 2.05) is 31.7 Å². The molecule has 0 spiro atoms. The van der Waals surface area contributed by atoms with E-state index in [0.717, 1.165) is 0 Å². The molecule has 0 fully saturated rings. The fourth-order valence-electron chi connectivity index (χ4n) is 2.94. The highest BCUT2D eigenvalue weighted by Crippen LogP contribution is 2.34. The summed E-state index contributed by atoms with van der Waals surface area (Å²) in [5, 5.41) is 0.151. The lowest BCUT2D eigenvalue weighted by atomic mass is 10.2. The third-order valence-electron chi connectivity index (χ3n) is 3.95.